The highest BCUT2D eigenvalue weighted by Gasteiger charge is 2.19. The number of hydrogen-bond acceptors (Lipinski definition) is 7. The van der Waals surface area contributed by atoms with Crippen molar-refractivity contribution in [3.05, 3.63) is 60.0 Å². The molecule has 2 saturated heterocycles. The van der Waals surface area contributed by atoms with E-state index in [1.54, 1.807) is 4.68 Å². The zero-order valence-electron chi connectivity index (χ0n) is 18.6. The lowest BCUT2D eigenvalue weighted by Crippen LogP contribution is -2.46. The monoisotopic (exact) mass is 434 g/mol. The summed E-state index contributed by atoms with van der Waals surface area (Å²) < 4.78 is 13.0. The number of anilines is 1. The summed E-state index contributed by atoms with van der Waals surface area (Å²) in [5.74, 6) is 0. The molecule has 0 amide bonds. The van der Waals surface area contributed by atoms with Crippen LogP contribution in [0.25, 0.3) is 11.3 Å². The summed E-state index contributed by atoms with van der Waals surface area (Å²) in [6.07, 6.45) is 4.55. The lowest BCUT2D eigenvalue weighted by atomic mass is 10.0. The molecule has 1 aromatic carbocycles. The van der Waals surface area contributed by atoms with Gasteiger partial charge in [0.25, 0.3) is 0 Å². The van der Waals surface area contributed by atoms with Gasteiger partial charge in [0, 0.05) is 50.2 Å². The van der Waals surface area contributed by atoms with E-state index >= 15 is 0 Å². The van der Waals surface area contributed by atoms with Crippen LogP contribution in [0.3, 0.4) is 0 Å². The molecule has 0 atom stereocenters. The van der Waals surface area contributed by atoms with Crippen LogP contribution in [0.5, 0.6) is 0 Å². The van der Waals surface area contributed by atoms with Crippen LogP contribution in [-0.4, -0.2) is 70.6 Å². The second-order valence-electron chi connectivity index (χ2n) is 8.43. The van der Waals surface area contributed by atoms with Crippen molar-refractivity contribution in [2.45, 2.75) is 32.7 Å². The molecular formula is C24H30N6O2. The molecule has 0 bridgehead atoms. The quantitative estimate of drug-likeness (QED) is 0.591. The van der Waals surface area contributed by atoms with Gasteiger partial charge in [-0.2, -0.15) is 0 Å². The minimum Gasteiger partial charge on any atom is -0.369 e. The van der Waals surface area contributed by atoms with Crippen molar-refractivity contribution < 1.29 is 9.47 Å². The predicted molar refractivity (Wildman–Crippen MR) is 122 cm³/mol. The highest BCUT2D eigenvalue weighted by molar-refractivity contribution is 5.67. The van der Waals surface area contributed by atoms with Crippen LogP contribution >= 0.6 is 0 Å². The molecule has 0 aliphatic carbocycles. The summed E-state index contributed by atoms with van der Waals surface area (Å²) in [6, 6.07) is 12.7. The number of pyridine rings is 1. The Bertz CT molecular complexity index is 1010. The molecule has 4 heterocycles. The number of piperazine rings is 1. The highest BCUT2D eigenvalue weighted by Crippen LogP contribution is 2.27. The molecule has 2 aromatic heterocycles. The summed E-state index contributed by atoms with van der Waals surface area (Å²) in [6.45, 7) is 9.21. The second kappa shape index (κ2) is 9.77. The Kier molecular flexibility index (Phi) is 6.43. The van der Waals surface area contributed by atoms with Crippen LogP contribution in [0.4, 0.5) is 5.69 Å². The van der Waals surface area contributed by atoms with E-state index in [0.29, 0.717) is 6.54 Å². The first-order chi connectivity index (χ1) is 15.7. The predicted octanol–water partition coefficient (Wildman–Crippen LogP) is 2.73. The van der Waals surface area contributed by atoms with Gasteiger partial charge in [0.05, 0.1) is 31.6 Å². The second-order valence-corrected chi connectivity index (χ2v) is 8.43. The molecule has 8 nitrogen and oxygen atoms in total. The first-order valence-corrected chi connectivity index (χ1v) is 11.4. The number of hydrogen-bond donors (Lipinski definition) is 0. The van der Waals surface area contributed by atoms with Gasteiger partial charge in [-0.05, 0) is 43.2 Å². The van der Waals surface area contributed by atoms with Crippen molar-refractivity contribution in [3.8, 4) is 11.3 Å². The van der Waals surface area contributed by atoms with E-state index in [9.17, 15) is 0 Å². The molecule has 2 aliphatic heterocycles. The largest absolute Gasteiger partial charge is 0.369 e. The number of benzene rings is 1. The van der Waals surface area contributed by atoms with Gasteiger partial charge in [-0.3, -0.25) is 9.88 Å². The Morgan fingerprint density at radius 2 is 1.88 bits per heavy atom. The summed E-state index contributed by atoms with van der Waals surface area (Å²) >= 11 is 0. The maximum atomic E-state index is 5.62. The standard InChI is InChI=1S/C24H30N6O2/c1-19-15-21(29-11-9-28(10-12-29)16-20-5-2-3-8-25-20)6-7-22(19)23-17-30(27-26-23)18-24-31-13-4-14-32-24/h2-3,5-8,15,17,24H,4,9-14,16,18H2,1H3. The van der Waals surface area contributed by atoms with Crippen molar-refractivity contribution >= 4 is 5.69 Å². The fourth-order valence-electron chi connectivity index (χ4n) is 4.32. The first kappa shape index (κ1) is 21.1. The van der Waals surface area contributed by atoms with Crippen molar-refractivity contribution in [3.63, 3.8) is 0 Å². The van der Waals surface area contributed by atoms with E-state index in [-0.39, 0.29) is 6.29 Å². The van der Waals surface area contributed by atoms with Gasteiger partial charge in [-0.1, -0.05) is 17.3 Å². The molecular weight excluding hydrogens is 404 g/mol. The van der Waals surface area contributed by atoms with Crippen LogP contribution < -0.4 is 4.90 Å². The topological polar surface area (TPSA) is 68.5 Å². The van der Waals surface area contributed by atoms with Gasteiger partial charge in [0.2, 0.25) is 0 Å². The average molecular weight is 435 g/mol. The van der Waals surface area contributed by atoms with Crippen LogP contribution in [0.1, 0.15) is 17.7 Å². The number of aromatic nitrogens is 4. The van der Waals surface area contributed by atoms with Crippen molar-refractivity contribution in [1.29, 1.82) is 0 Å². The Morgan fingerprint density at radius 1 is 1.03 bits per heavy atom. The third kappa shape index (κ3) is 4.98. The Labute approximate surface area is 188 Å². The van der Waals surface area contributed by atoms with Gasteiger partial charge in [0.1, 0.15) is 5.69 Å². The minimum atomic E-state index is -0.238. The van der Waals surface area contributed by atoms with E-state index < -0.39 is 0 Å². The van der Waals surface area contributed by atoms with Gasteiger partial charge < -0.3 is 14.4 Å². The molecule has 0 spiro atoms. The Hall–Kier alpha value is -2.81. The lowest BCUT2D eigenvalue weighted by Gasteiger charge is -2.36. The summed E-state index contributed by atoms with van der Waals surface area (Å²) in [4.78, 5) is 9.38. The number of ether oxygens (including phenoxy) is 2. The molecule has 5 rings (SSSR count). The zero-order valence-corrected chi connectivity index (χ0v) is 18.6. The summed E-state index contributed by atoms with van der Waals surface area (Å²) in [5, 5.41) is 8.65. The van der Waals surface area contributed by atoms with Gasteiger partial charge in [0.15, 0.2) is 6.29 Å². The maximum absolute atomic E-state index is 5.62. The first-order valence-electron chi connectivity index (χ1n) is 11.4. The Morgan fingerprint density at radius 3 is 2.62 bits per heavy atom. The van der Waals surface area contributed by atoms with Gasteiger partial charge in [-0.15, -0.1) is 5.10 Å². The number of aryl methyl sites for hydroxylation is 1. The van der Waals surface area contributed by atoms with E-state index in [0.717, 1.165) is 69.3 Å². The van der Waals surface area contributed by atoms with Crippen LogP contribution in [-0.2, 0) is 22.6 Å². The van der Waals surface area contributed by atoms with E-state index in [1.165, 1.54) is 11.3 Å². The normalized spacial score (nSPS) is 18.2. The van der Waals surface area contributed by atoms with Crippen molar-refractivity contribution in [1.82, 2.24) is 24.9 Å². The fraction of sp³-hybridized carbons (Fsp3) is 0.458. The fourth-order valence-corrected chi connectivity index (χ4v) is 4.32. The third-order valence-corrected chi connectivity index (χ3v) is 6.11. The molecule has 2 aliphatic rings. The molecule has 3 aromatic rings. The van der Waals surface area contributed by atoms with Gasteiger partial charge >= 0.3 is 0 Å². The molecule has 32 heavy (non-hydrogen) atoms. The molecule has 0 saturated carbocycles. The SMILES string of the molecule is Cc1cc(N2CCN(Cc3ccccn3)CC2)ccc1-c1cn(CC2OCCCO2)nn1. The minimum absolute atomic E-state index is 0.238. The van der Waals surface area contributed by atoms with Crippen molar-refractivity contribution in [2.24, 2.45) is 0 Å². The zero-order chi connectivity index (χ0) is 21.8. The number of rotatable bonds is 6. The van der Waals surface area contributed by atoms with Crippen LogP contribution in [0.15, 0.2) is 48.8 Å². The van der Waals surface area contributed by atoms with E-state index in [2.05, 4.69) is 62.4 Å². The average Bonchev–Trinajstić information content (AvgIpc) is 3.29. The molecule has 0 N–H and O–H groups in total. The summed E-state index contributed by atoms with van der Waals surface area (Å²) in [5.41, 5.74) is 5.59. The molecule has 0 radical (unpaired) electrons. The smallest absolute Gasteiger partial charge is 0.177 e. The van der Waals surface area contributed by atoms with E-state index in [1.807, 2.05) is 18.5 Å². The third-order valence-electron chi connectivity index (χ3n) is 6.11. The van der Waals surface area contributed by atoms with Crippen LogP contribution in [0, 0.1) is 6.92 Å². The Balaban J connectivity index is 1.19. The lowest BCUT2D eigenvalue weighted by molar-refractivity contribution is -0.185. The molecule has 2 fully saturated rings. The maximum Gasteiger partial charge on any atom is 0.177 e. The molecule has 168 valence electrons. The van der Waals surface area contributed by atoms with E-state index in [4.69, 9.17) is 9.47 Å². The molecule has 0 unspecified atom stereocenters. The van der Waals surface area contributed by atoms with Crippen LogP contribution in [0.2, 0.25) is 0 Å². The number of nitrogens with zero attached hydrogens (tertiary/aromatic N) is 6. The molecule has 8 heteroatoms. The summed E-state index contributed by atoms with van der Waals surface area (Å²) in [7, 11) is 0. The van der Waals surface area contributed by atoms with Gasteiger partial charge in [-0.25, -0.2) is 4.68 Å². The van der Waals surface area contributed by atoms with Crippen molar-refractivity contribution in [2.75, 3.05) is 44.3 Å². The highest BCUT2D eigenvalue weighted by atomic mass is 16.7.